The van der Waals surface area contributed by atoms with Crippen molar-refractivity contribution < 1.29 is 18.0 Å². The van der Waals surface area contributed by atoms with E-state index in [0.717, 1.165) is 6.07 Å². The number of nitrogens with two attached hydrogens (primary N) is 1. The zero-order valence-corrected chi connectivity index (χ0v) is 13.2. The first-order valence-electron chi connectivity index (χ1n) is 6.94. The van der Waals surface area contributed by atoms with Gasteiger partial charge in [0.25, 0.3) is 0 Å². The lowest BCUT2D eigenvalue weighted by Crippen LogP contribution is -2.08. The van der Waals surface area contributed by atoms with Gasteiger partial charge in [0.15, 0.2) is 0 Å². The van der Waals surface area contributed by atoms with Crippen LogP contribution in [0, 0.1) is 0 Å². The molecule has 3 heterocycles. The molecule has 0 aliphatic rings. The van der Waals surface area contributed by atoms with E-state index in [1.807, 2.05) is 0 Å². The number of hydrogen-bond donors (Lipinski definition) is 2. The van der Waals surface area contributed by atoms with Gasteiger partial charge in [-0.25, -0.2) is 9.97 Å². The van der Waals surface area contributed by atoms with Crippen molar-refractivity contribution in [1.82, 2.24) is 15.0 Å². The van der Waals surface area contributed by atoms with Crippen molar-refractivity contribution in [1.29, 1.82) is 0 Å². The topological polar surface area (TPSA) is 84.7 Å². The van der Waals surface area contributed by atoms with E-state index in [-0.39, 0.29) is 10.7 Å². The second-order valence-corrected chi connectivity index (χ2v) is 5.55. The fourth-order valence-corrected chi connectivity index (χ4v) is 2.51. The maximum Gasteiger partial charge on any atom is 0.433 e. The van der Waals surface area contributed by atoms with Gasteiger partial charge in [-0.3, -0.25) is 4.79 Å². The van der Waals surface area contributed by atoms with Crippen LogP contribution in [0.3, 0.4) is 0 Å². The first kappa shape index (κ1) is 17.0. The van der Waals surface area contributed by atoms with Crippen LogP contribution in [-0.2, 0) is 11.0 Å². The van der Waals surface area contributed by atoms with Gasteiger partial charge >= 0.3 is 6.18 Å². The number of aromatic nitrogens is 3. The van der Waals surface area contributed by atoms with Crippen LogP contribution in [-0.4, -0.2) is 20.9 Å². The molecule has 0 atom stereocenters. The Labute approximate surface area is 144 Å². The van der Waals surface area contributed by atoms with E-state index in [1.54, 1.807) is 12.3 Å². The van der Waals surface area contributed by atoms with Gasteiger partial charge in [0.1, 0.15) is 16.5 Å². The zero-order valence-electron chi connectivity index (χ0n) is 12.4. The third-order valence-corrected chi connectivity index (χ3v) is 3.60. The molecule has 3 N–H and O–H groups in total. The number of aromatic amines is 1. The van der Waals surface area contributed by atoms with Crippen molar-refractivity contribution in [3.05, 3.63) is 53.1 Å². The summed E-state index contributed by atoms with van der Waals surface area (Å²) in [7, 11) is 0. The summed E-state index contributed by atoms with van der Waals surface area (Å²) in [5.74, 6) is -0.616. The molecule has 0 aliphatic carbocycles. The van der Waals surface area contributed by atoms with Crippen LogP contribution in [0.1, 0.15) is 11.3 Å². The Morgan fingerprint density at radius 1 is 1.24 bits per heavy atom. The van der Waals surface area contributed by atoms with Crippen LogP contribution in [0.5, 0.6) is 0 Å². The Hall–Kier alpha value is -2.87. The van der Waals surface area contributed by atoms with Gasteiger partial charge in [0.2, 0.25) is 5.91 Å². The van der Waals surface area contributed by atoms with Crippen LogP contribution in [0.2, 0.25) is 5.15 Å². The summed E-state index contributed by atoms with van der Waals surface area (Å²) in [4.78, 5) is 21.3. The minimum Gasteiger partial charge on any atom is -0.366 e. The van der Waals surface area contributed by atoms with Crippen LogP contribution < -0.4 is 5.73 Å². The lowest BCUT2D eigenvalue weighted by Gasteiger charge is -2.09. The quantitative estimate of drug-likeness (QED) is 0.546. The van der Waals surface area contributed by atoms with E-state index in [9.17, 15) is 18.0 Å². The Morgan fingerprint density at radius 2 is 2.00 bits per heavy atom. The summed E-state index contributed by atoms with van der Waals surface area (Å²) in [6.07, 6.45) is 1.10. The van der Waals surface area contributed by atoms with Crippen molar-refractivity contribution >= 4 is 34.6 Å². The van der Waals surface area contributed by atoms with Gasteiger partial charge < -0.3 is 10.7 Å². The molecule has 3 rings (SSSR count). The van der Waals surface area contributed by atoms with Gasteiger partial charge in [-0.15, -0.1) is 0 Å². The molecule has 0 saturated carbocycles. The molecule has 1 amide bonds. The number of carbonyl (C=O) groups excluding carboxylic acids is 1. The summed E-state index contributed by atoms with van der Waals surface area (Å²) < 4.78 is 38.7. The van der Waals surface area contributed by atoms with Crippen molar-refractivity contribution in [2.45, 2.75) is 6.18 Å². The Kier molecular flexibility index (Phi) is 4.22. The maximum atomic E-state index is 12.9. The monoisotopic (exact) mass is 366 g/mol. The minimum atomic E-state index is -4.61. The second kappa shape index (κ2) is 6.21. The highest BCUT2D eigenvalue weighted by Crippen LogP contribution is 2.33. The maximum absolute atomic E-state index is 12.9. The SMILES string of the molecule is NC(=O)C=Cc1c[nH]c2ncc(-c3cc(Cl)nc(C(F)(F)F)c3)cc12. The number of nitrogens with one attached hydrogen (secondary N) is 1. The van der Waals surface area contributed by atoms with E-state index in [0.29, 0.717) is 22.2 Å². The molecule has 3 aromatic rings. The van der Waals surface area contributed by atoms with Gasteiger partial charge in [-0.2, -0.15) is 13.2 Å². The predicted octanol–water partition coefficient (Wildman–Crippen LogP) is 3.80. The standard InChI is InChI=1S/C16H10ClF3N4O/c17-13-5-9(4-12(24-13)16(18,19)20)10-3-11-8(1-2-14(21)25)6-22-15(11)23-7-10/h1-7H,(H2,21,25)(H,22,23). The molecule has 5 nitrogen and oxygen atoms in total. The number of fused-ring (bicyclic) bond motifs is 1. The number of alkyl halides is 3. The van der Waals surface area contributed by atoms with Crippen LogP contribution in [0.15, 0.2) is 36.7 Å². The van der Waals surface area contributed by atoms with Crippen molar-refractivity contribution in [2.75, 3.05) is 0 Å². The third kappa shape index (κ3) is 3.63. The molecule has 0 spiro atoms. The molecule has 25 heavy (non-hydrogen) atoms. The number of rotatable bonds is 3. The summed E-state index contributed by atoms with van der Waals surface area (Å²) in [5, 5.41) is 0.351. The smallest absolute Gasteiger partial charge is 0.366 e. The Balaban J connectivity index is 2.12. The van der Waals surface area contributed by atoms with E-state index in [2.05, 4.69) is 15.0 Å². The Morgan fingerprint density at radius 3 is 2.68 bits per heavy atom. The molecular formula is C16H10ClF3N4O. The number of halogens is 4. The molecule has 128 valence electrons. The molecule has 0 bridgehead atoms. The lowest BCUT2D eigenvalue weighted by atomic mass is 10.1. The predicted molar refractivity (Wildman–Crippen MR) is 87.6 cm³/mol. The van der Waals surface area contributed by atoms with Crippen molar-refractivity contribution in [3.8, 4) is 11.1 Å². The molecule has 0 radical (unpaired) electrons. The highest BCUT2D eigenvalue weighted by molar-refractivity contribution is 6.29. The molecule has 0 aliphatic heterocycles. The summed E-state index contributed by atoms with van der Waals surface area (Å²) in [5.41, 5.74) is 5.78. The number of hydrogen-bond acceptors (Lipinski definition) is 3. The van der Waals surface area contributed by atoms with E-state index < -0.39 is 17.8 Å². The largest absolute Gasteiger partial charge is 0.433 e. The average molecular weight is 367 g/mol. The molecule has 0 saturated heterocycles. The summed E-state index contributed by atoms with van der Waals surface area (Å²) >= 11 is 5.72. The zero-order chi connectivity index (χ0) is 18.2. The molecule has 0 fully saturated rings. The van der Waals surface area contributed by atoms with Gasteiger partial charge in [-0.05, 0) is 29.8 Å². The molecule has 3 aromatic heterocycles. The minimum absolute atomic E-state index is 0.229. The van der Waals surface area contributed by atoms with Gasteiger partial charge in [0.05, 0.1) is 0 Å². The fourth-order valence-electron chi connectivity index (χ4n) is 2.30. The van der Waals surface area contributed by atoms with E-state index in [1.165, 1.54) is 24.4 Å². The summed E-state index contributed by atoms with van der Waals surface area (Å²) in [6.45, 7) is 0. The van der Waals surface area contributed by atoms with Gasteiger partial charge in [-0.1, -0.05) is 11.6 Å². The van der Waals surface area contributed by atoms with Crippen LogP contribution in [0.25, 0.3) is 28.2 Å². The summed E-state index contributed by atoms with van der Waals surface area (Å²) in [6, 6.07) is 3.87. The normalized spacial score (nSPS) is 12.2. The molecule has 0 unspecified atom stereocenters. The molecule has 0 aromatic carbocycles. The fraction of sp³-hybridized carbons (Fsp3) is 0.0625. The number of nitrogens with zero attached hydrogens (tertiary/aromatic N) is 2. The van der Waals surface area contributed by atoms with E-state index >= 15 is 0 Å². The number of H-pyrrole nitrogens is 1. The Bertz CT molecular complexity index is 995. The van der Waals surface area contributed by atoms with E-state index in [4.69, 9.17) is 17.3 Å². The number of carbonyl (C=O) groups is 1. The molecular weight excluding hydrogens is 357 g/mol. The van der Waals surface area contributed by atoms with Crippen LogP contribution >= 0.6 is 11.6 Å². The van der Waals surface area contributed by atoms with Crippen molar-refractivity contribution in [2.24, 2.45) is 5.73 Å². The second-order valence-electron chi connectivity index (χ2n) is 5.16. The first-order chi connectivity index (χ1) is 11.7. The van der Waals surface area contributed by atoms with Crippen LogP contribution in [0.4, 0.5) is 13.2 Å². The number of amides is 1. The average Bonchev–Trinajstić information content (AvgIpc) is 2.93. The highest BCUT2D eigenvalue weighted by atomic mass is 35.5. The third-order valence-electron chi connectivity index (χ3n) is 3.41. The first-order valence-corrected chi connectivity index (χ1v) is 7.31. The highest BCUT2D eigenvalue weighted by Gasteiger charge is 2.33. The van der Waals surface area contributed by atoms with Gasteiger partial charge in [0, 0.05) is 35.0 Å². The molecule has 9 heteroatoms. The lowest BCUT2D eigenvalue weighted by molar-refractivity contribution is -0.141. The number of pyridine rings is 2. The van der Waals surface area contributed by atoms with Crippen molar-refractivity contribution in [3.63, 3.8) is 0 Å². The number of primary amides is 1.